The van der Waals surface area contributed by atoms with E-state index in [1.54, 1.807) is 29.3 Å². The van der Waals surface area contributed by atoms with Crippen molar-refractivity contribution in [2.75, 3.05) is 0 Å². The molecular weight excluding hydrogens is 185 g/mol. The van der Waals surface area contributed by atoms with E-state index in [-0.39, 0.29) is 5.15 Å². The van der Waals surface area contributed by atoms with E-state index in [2.05, 4.69) is 0 Å². The van der Waals surface area contributed by atoms with Gasteiger partial charge in [-0.2, -0.15) is 0 Å². The first-order chi connectivity index (χ1) is 2.00. The van der Waals surface area contributed by atoms with Crippen LogP contribution in [0.3, 0.4) is 0 Å². The Kier molecular flexibility index (Phi) is 2.46. The van der Waals surface area contributed by atoms with Crippen molar-refractivity contribution in [1.82, 2.24) is 0 Å². The zero-order valence-electron chi connectivity index (χ0n) is 4.50. The SMILES string of the molecule is [SiH3][Si]([SiH3])([SiH3])[GeH3]. The number of rotatable bonds is 0. The molecule has 5 heavy (non-hydrogen) atoms. The predicted molar refractivity (Wildman–Crippen MR) is 45.5 cm³/mol. The van der Waals surface area contributed by atoms with Crippen LogP contribution in [-0.2, 0) is 0 Å². The molecule has 0 aliphatic carbocycles. The molecule has 0 aromatic carbocycles. The second kappa shape index (κ2) is 1.92. The summed E-state index contributed by atoms with van der Waals surface area (Å²) in [6, 6.07) is 0. The molecule has 0 rings (SSSR count). The van der Waals surface area contributed by atoms with Gasteiger partial charge in [-0.1, -0.05) is 0 Å². The summed E-state index contributed by atoms with van der Waals surface area (Å²) >= 11 is 1.32. The van der Waals surface area contributed by atoms with Crippen molar-refractivity contribution in [2.45, 2.75) is 0 Å². The van der Waals surface area contributed by atoms with Crippen LogP contribution in [0.5, 0.6) is 0 Å². The van der Waals surface area contributed by atoms with Crippen LogP contribution in [0.25, 0.3) is 0 Å². The van der Waals surface area contributed by atoms with E-state index in [4.69, 9.17) is 0 Å². The average Bonchev–Trinajstić information content (AvgIpc) is 0.722. The Balaban J connectivity index is 3.02. The molecule has 0 spiro atoms. The summed E-state index contributed by atoms with van der Waals surface area (Å²) in [5, 5.41) is -0.00694. The van der Waals surface area contributed by atoms with Crippen molar-refractivity contribution in [2.24, 2.45) is 0 Å². The van der Waals surface area contributed by atoms with Gasteiger partial charge in [0.05, 0.1) is 0 Å². The van der Waals surface area contributed by atoms with E-state index >= 15 is 0 Å². The van der Waals surface area contributed by atoms with Crippen molar-refractivity contribution >= 4 is 50.3 Å². The van der Waals surface area contributed by atoms with Gasteiger partial charge in [-0.3, -0.25) is 0 Å². The predicted octanol–water partition coefficient (Wildman–Crippen LogP) is -5.12. The van der Waals surface area contributed by atoms with Gasteiger partial charge in [0.25, 0.3) is 0 Å². The third kappa shape index (κ3) is 31.6. The Hall–Kier alpha value is 1.41. The molecule has 0 aliphatic rings. The maximum absolute atomic E-state index is 1.65. The Bertz CT molecular complexity index is 19.1. The van der Waals surface area contributed by atoms with Crippen LogP contribution in [0.2, 0.25) is 0 Å². The van der Waals surface area contributed by atoms with Gasteiger partial charge in [0.1, 0.15) is 0 Å². The molecule has 0 fully saturated rings. The molecule has 0 N–H and O–H groups in total. The second-order valence-electron chi connectivity index (χ2n) is 3.00. The molecule has 0 nitrogen and oxygen atoms in total. The first kappa shape index (κ1) is 6.41. The fourth-order valence-corrected chi connectivity index (χ4v) is 0. The maximum atomic E-state index is 1.65. The van der Waals surface area contributed by atoms with Gasteiger partial charge in [0.2, 0.25) is 0 Å². The van der Waals surface area contributed by atoms with Crippen molar-refractivity contribution in [3.05, 3.63) is 0 Å². The molecule has 0 unspecified atom stereocenters. The first-order valence-corrected chi connectivity index (χ1v) is 21.3. The number of hydrogen-bond acceptors (Lipinski definition) is 0. The molecule has 5 heteroatoms. The summed E-state index contributed by atoms with van der Waals surface area (Å²) in [5.74, 6) is 0. The summed E-state index contributed by atoms with van der Waals surface area (Å²) in [4.78, 5) is 0. The summed E-state index contributed by atoms with van der Waals surface area (Å²) in [6.45, 7) is 0. The van der Waals surface area contributed by atoms with Gasteiger partial charge in [0, 0.05) is 0 Å². The van der Waals surface area contributed by atoms with Crippen LogP contribution < -0.4 is 0 Å². The Morgan fingerprint density at radius 3 is 1.20 bits per heavy atom. The van der Waals surface area contributed by atoms with E-state index in [0.29, 0.717) is 0 Å². The first-order valence-electron chi connectivity index (χ1n) is 2.00. The molecule has 0 heterocycles. The third-order valence-corrected chi connectivity index (χ3v) is 0. The van der Waals surface area contributed by atoms with Gasteiger partial charge in [-0.25, -0.2) is 0 Å². The average molecular weight is 197 g/mol. The Morgan fingerprint density at radius 1 is 1.20 bits per heavy atom. The molecule has 0 aliphatic heterocycles. The molecule has 0 amide bonds. The fraction of sp³-hybridized carbons (Fsp3) is 0. The minimum absolute atomic E-state index is 0.00694. The fourth-order valence-electron chi connectivity index (χ4n) is 0. The van der Waals surface area contributed by atoms with Gasteiger partial charge in [-0.05, 0) is 0 Å². The molecule has 0 aromatic rings. The zero-order valence-corrected chi connectivity index (χ0v) is 15.7. The molecule has 0 saturated heterocycles. The summed E-state index contributed by atoms with van der Waals surface area (Å²) in [6.07, 6.45) is 0. The van der Waals surface area contributed by atoms with Crippen LogP contribution in [0.15, 0.2) is 0 Å². The van der Waals surface area contributed by atoms with Gasteiger partial charge in [-0.15, -0.1) is 0 Å². The van der Waals surface area contributed by atoms with Crippen LogP contribution in [-0.4, -0.2) is 50.3 Å². The zero-order chi connectivity index (χ0) is 4.50. The molecular formula is H12GeSi4. The van der Waals surface area contributed by atoms with E-state index in [0.717, 1.165) is 0 Å². The molecule has 0 saturated carbocycles. The topological polar surface area (TPSA) is 0 Å². The van der Waals surface area contributed by atoms with Crippen molar-refractivity contribution in [3.8, 4) is 0 Å². The molecule has 0 radical (unpaired) electrons. The summed E-state index contributed by atoms with van der Waals surface area (Å²) in [5.41, 5.74) is 0. The summed E-state index contributed by atoms with van der Waals surface area (Å²) < 4.78 is 0. The molecule has 0 aromatic heterocycles. The second-order valence-corrected chi connectivity index (χ2v) is 111. The quantitative estimate of drug-likeness (QED) is 0.341. The Morgan fingerprint density at radius 2 is 1.20 bits per heavy atom. The van der Waals surface area contributed by atoms with Crippen molar-refractivity contribution < 1.29 is 0 Å². The van der Waals surface area contributed by atoms with Crippen molar-refractivity contribution in [3.63, 3.8) is 0 Å². The van der Waals surface area contributed by atoms with E-state index in [1.807, 2.05) is 0 Å². The van der Waals surface area contributed by atoms with Crippen molar-refractivity contribution in [1.29, 1.82) is 0 Å². The van der Waals surface area contributed by atoms with E-state index in [9.17, 15) is 0 Å². The molecule has 32 valence electrons. The van der Waals surface area contributed by atoms with Crippen LogP contribution in [0.4, 0.5) is 0 Å². The van der Waals surface area contributed by atoms with Gasteiger partial charge >= 0.3 is 50.3 Å². The van der Waals surface area contributed by atoms with Crippen LogP contribution in [0.1, 0.15) is 0 Å². The van der Waals surface area contributed by atoms with Crippen LogP contribution >= 0.6 is 0 Å². The normalized spacial score (nSPS) is 24.0. The summed E-state index contributed by atoms with van der Waals surface area (Å²) in [7, 11) is 4.96. The van der Waals surface area contributed by atoms with E-state index in [1.165, 1.54) is 15.9 Å². The molecule has 0 bridgehead atoms. The third-order valence-electron chi connectivity index (χ3n) is 0. The Labute approximate surface area is 50.4 Å². The van der Waals surface area contributed by atoms with Gasteiger partial charge < -0.3 is 0 Å². The van der Waals surface area contributed by atoms with Crippen LogP contribution in [0, 0.1) is 0 Å². The minimum atomic E-state index is -0.00694. The number of hydrogen-bond donors (Lipinski definition) is 0. The van der Waals surface area contributed by atoms with Gasteiger partial charge in [0.15, 0.2) is 0 Å². The standard InChI is InChI=1S/GeH12Si4/c1-5(2,3)4/h1-4H3. The molecule has 0 atom stereocenters. The monoisotopic (exact) mass is 198 g/mol. The van der Waals surface area contributed by atoms with E-state index < -0.39 is 0 Å².